The molecule has 1 aliphatic carbocycles. The van der Waals surface area contributed by atoms with E-state index in [2.05, 4.69) is 5.32 Å². The van der Waals surface area contributed by atoms with Crippen LogP contribution in [-0.2, 0) is 4.79 Å². The van der Waals surface area contributed by atoms with Gasteiger partial charge in [0, 0.05) is 12.1 Å². The summed E-state index contributed by atoms with van der Waals surface area (Å²) in [4.78, 5) is 11.8. The number of nitrogens with one attached hydrogen (secondary N) is 1. The van der Waals surface area contributed by atoms with Crippen LogP contribution in [0.25, 0.3) is 0 Å². The maximum atomic E-state index is 11.8. The number of rotatable bonds is 4. The molecule has 0 radical (unpaired) electrons. The van der Waals surface area contributed by atoms with E-state index in [0.717, 1.165) is 12.3 Å². The van der Waals surface area contributed by atoms with Gasteiger partial charge in [0.1, 0.15) is 0 Å². The van der Waals surface area contributed by atoms with Gasteiger partial charge in [-0.15, -0.1) is 0 Å². The normalized spacial score (nSPS) is 15.8. The number of halogens is 1. The van der Waals surface area contributed by atoms with Crippen molar-refractivity contribution in [3.63, 3.8) is 0 Å². The Kier molecular flexibility index (Phi) is 4.48. The average Bonchev–Trinajstić information content (AvgIpc) is 2.84. The van der Waals surface area contributed by atoms with Crippen molar-refractivity contribution in [2.45, 2.75) is 38.5 Å². The van der Waals surface area contributed by atoms with E-state index in [-0.39, 0.29) is 5.91 Å². The third kappa shape index (κ3) is 3.64. The van der Waals surface area contributed by atoms with Gasteiger partial charge in [0.2, 0.25) is 5.91 Å². The van der Waals surface area contributed by atoms with E-state index in [4.69, 9.17) is 17.3 Å². The van der Waals surface area contributed by atoms with Crippen LogP contribution < -0.4 is 11.1 Å². The molecule has 0 unspecified atom stereocenters. The number of amides is 1. The fourth-order valence-electron chi connectivity index (χ4n) is 2.48. The molecule has 1 aromatic rings. The van der Waals surface area contributed by atoms with Crippen LogP contribution in [0.4, 0.5) is 11.4 Å². The molecule has 1 saturated carbocycles. The van der Waals surface area contributed by atoms with E-state index < -0.39 is 0 Å². The molecule has 0 bridgehead atoms. The number of benzene rings is 1. The quantitative estimate of drug-likeness (QED) is 0.814. The molecule has 1 aromatic carbocycles. The van der Waals surface area contributed by atoms with Gasteiger partial charge >= 0.3 is 0 Å². The second kappa shape index (κ2) is 6.10. The van der Waals surface area contributed by atoms with Gasteiger partial charge in [0.25, 0.3) is 0 Å². The second-order valence-corrected chi connectivity index (χ2v) is 5.38. The zero-order valence-corrected chi connectivity index (χ0v) is 11.2. The van der Waals surface area contributed by atoms with E-state index in [9.17, 15) is 4.79 Å². The summed E-state index contributed by atoms with van der Waals surface area (Å²) >= 11 is 5.83. The van der Waals surface area contributed by atoms with Crippen molar-refractivity contribution in [1.29, 1.82) is 0 Å². The standard InChI is InChI=1S/C14H19ClN2O/c15-12-7-6-11(9-13(12)16)17-14(18)8-5-10-3-1-2-4-10/h6-7,9-10H,1-5,8,16H2,(H,17,18). The van der Waals surface area contributed by atoms with Gasteiger partial charge in [-0.3, -0.25) is 4.79 Å². The summed E-state index contributed by atoms with van der Waals surface area (Å²) in [5.74, 6) is 0.801. The highest BCUT2D eigenvalue weighted by atomic mass is 35.5. The third-order valence-electron chi connectivity index (χ3n) is 3.53. The predicted octanol–water partition coefficient (Wildman–Crippen LogP) is 3.83. The lowest BCUT2D eigenvalue weighted by Gasteiger charge is -2.09. The first-order valence-electron chi connectivity index (χ1n) is 6.50. The summed E-state index contributed by atoms with van der Waals surface area (Å²) in [6.45, 7) is 0. The average molecular weight is 267 g/mol. The van der Waals surface area contributed by atoms with Crippen LogP contribution in [0.2, 0.25) is 5.02 Å². The maximum Gasteiger partial charge on any atom is 0.224 e. The van der Waals surface area contributed by atoms with E-state index in [0.29, 0.717) is 22.8 Å². The van der Waals surface area contributed by atoms with Gasteiger partial charge in [0.15, 0.2) is 0 Å². The molecule has 1 fully saturated rings. The molecule has 3 N–H and O–H groups in total. The summed E-state index contributed by atoms with van der Waals surface area (Å²) < 4.78 is 0. The highest BCUT2D eigenvalue weighted by molar-refractivity contribution is 6.33. The Morgan fingerprint density at radius 1 is 1.39 bits per heavy atom. The third-order valence-corrected chi connectivity index (χ3v) is 3.88. The number of carbonyl (C=O) groups is 1. The van der Waals surface area contributed by atoms with Crippen molar-refractivity contribution >= 4 is 28.9 Å². The summed E-state index contributed by atoms with van der Waals surface area (Å²) in [6.07, 6.45) is 6.78. The Morgan fingerprint density at radius 3 is 2.78 bits per heavy atom. The lowest BCUT2D eigenvalue weighted by atomic mass is 10.0. The number of nitrogen functional groups attached to an aromatic ring is 1. The summed E-state index contributed by atoms with van der Waals surface area (Å²) in [7, 11) is 0. The highest BCUT2D eigenvalue weighted by Gasteiger charge is 2.16. The Labute approximate surface area is 113 Å². The van der Waals surface area contributed by atoms with Crippen molar-refractivity contribution in [1.82, 2.24) is 0 Å². The molecular weight excluding hydrogens is 248 g/mol. The van der Waals surface area contributed by atoms with Crippen LogP contribution in [0.5, 0.6) is 0 Å². The van der Waals surface area contributed by atoms with E-state index in [1.54, 1.807) is 18.2 Å². The van der Waals surface area contributed by atoms with Gasteiger partial charge in [-0.1, -0.05) is 37.3 Å². The Bertz CT molecular complexity index is 428. The topological polar surface area (TPSA) is 55.1 Å². The first-order valence-corrected chi connectivity index (χ1v) is 6.88. The van der Waals surface area contributed by atoms with Crippen LogP contribution in [0.3, 0.4) is 0 Å². The molecule has 98 valence electrons. The Morgan fingerprint density at radius 2 is 2.11 bits per heavy atom. The molecule has 4 heteroatoms. The minimum atomic E-state index is 0.0589. The van der Waals surface area contributed by atoms with Crippen molar-refractivity contribution in [2.75, 3.05) is 11.1 Å². The zero-order valence-electron chi connectivity index (χ0n) is 10.4. The summed E-state index contributed by atoms with van der Waals surface area (Å²) in [6, 6.07) is 5.16. The molecule has 0 aromatic heterocycles. The second-order valence-electron chi connectivity index (χ2n) is 4.97. The van der Waals surface area contributed by atoms with Crippen LogP contribution in [0, 0.1) is 5.92 Å². The van der Waals surface area contributed by atoms with Gasteiger partial charge in [0.05, 0.1) is 10.7 Å². The van der Waals surface area contributed by atoms with E-state index >= 15 is 0 Å². The minimum absolute atomic E-state index is 0.0589. The van der Waals surface area contributed by atoms with E-state index in [1.807, 2.05) is 0 Å². The molecule has 18 heavy (non-hydrogen) atoms. The van der Waals surface area contributed by atoms with E-state index in [1.165, 1.54) is 25.7 Å². The summed E-state index contributed by atoms with van der Waals surface area (Å²) in [5, 5.41) is 3.37. The molecule has 0 atom stereocenters. The molecular formula is C14H19ClN2O. The first-order chi connectivity index (χ1) is 8.65. The van der Waals surface area contributed by atoms with Gasteiger partial charge in [-0.25, -0.2) is 0 Å². The highest BCUT2D eigenvalue weighted by Crippen LogP contribution is 2.28. The number of anilines is 2. The fraction of sp³-hybridized carbons (Fsp3) is 0.500. The Balaban J connectivity index is 1.80. The molecule has 3 nitrogen and oxygen atoms in total. The largest absolute Gasteiger partial charge is 0.397 e. The molecule has 1 amide bonds. The molecule has 0 saturated heterocycles. The van der Waals surface area contributed by atoms with Crippen LogP contribution in [0.1, 0.15) is 38.5 Å². The Hall–Kier alpha value is -1.22. The van der Waals surface area contributed by atoms with Crippen LogP contribution >= 0.6 is 11.6 Å². The van der Waals surface area contributed by atoms with Crippen molar-refractivity contribution in [3.05, 3.63) is 23.2 Å². The van der Waals surface area contributed by atoms with Crippen LogP contribution in [0.15, 0.2) is 18.2 Å². The SMILES string of the molecule is Nc1cc(NC(=O)CCC2CCCC2)ccc1Cl. The van der Waals surface area contributed by atoms with Gasteiger partial charge in [-0.05, 0) is 30.5 Å². The number of hydrogen-bond donors (Lipinski definition) is 2. The molecule has 0 aliphatic heterocycles. The summed E-state index contributed by atoms with van der Waals surface area (Å²) in [5.41, 5.74) is 6.89. The van der Waals surface area contributed by atoms with Crippen LogP contribution in [-0.4, -0.2) is 5.91 Å². The zero-order chi connectivity index (χ0) is 13.0. The molecule has 2 rings (SSSR count). The lowest BCUT2D eigenvalue weighted by molar-refractivity contribution is -0.116. The predicted molar refractivity (Wildman–Crippen MR) is 75.7 cm³/mol. The smallest absolute Gasteiger partial charge is 0.224 e. The minimum Gasteiger partial charge on any atom is -0.397 e. The first kappa shape index (κ1) is 13.2. The lowest BCUT2D eigenvalue weighted by Crippen LogP contribution is -2.12. The molecule has 0 heterocycles. The van der Waals surface area contributed by atoms with Crippen molar-refractivity contribution in [3.8, 4) is 0 Å². The maximum absolute atomic E-state index is 11.8. The molecule has 0 spiro atoms. The number of nitrogens with two attached hydrogens (primary N) is 1. The van der Waals surface area contributed by atoms with Gasteiger partial charge < -0.3 is 11.1 Å². The van der Waals surface area contributed by atoms with Crippen molar-refractivity contribution in [2.24, 2.45) is 5.92 Å². The molecule has 1 aliphatic rings. The van der Waals surface area contributed by atoms with Crippen molar-refractivity contribution < 1.29 is 4.79 Å². The fourth-order valence-corrected chi connectivity index (χ4v) is 2.60. The van der Waals surface area contributed by atoms with Gasteiger partial charge in [-0.2, -0.15) is 0 Å². The number of carbonyl (C=O) groups excluding carboxylic acids is 1. The number of hydrogen-bond acceptors (Lipinski definition) is 2. The monoisotopic (exact) mass is 266 g/mol.